The number of rotatable bonds is 5. The molecule has 5 nitrogen and oxygen atoms in total. The Balaban J connectivity index is 1.89. The van der Waals surface area contributed by atoms with Gasteiger partial charge in [0.2, 0.25) is 0 Å². The van der Waals surface area contributed by atoms with Gasteiger partial charge in [-0.05, 0) is 52.1 Å². The van der Waals surface area contributed by atoms with Crippen molar-refractivity contribution in [1.82, 2.24) is 10.3 Å². The predicted molar refractivity (Wildman–Crippen MR) is 98.7 cm³/mol. The lowest BCUT2D eigenvalue weighted by Gasteiger charge is -2.21. The van der Waals surface area contributed by atoms with Crippen molar-refractivity contribution in [3.8, 4) is 0 Å². The lowest BCUT2D eigenvalue weighted by Crippen LogP contribution is -2.38. The van der Waals surface area contributed by atoms with Gasteiger partial charge in [-0.3, -0.25) is 0 Å². The van der Waals surface area contributed by atoms with E-state index in [1.54, 1.807) is 23.1 Å². The fourth-order valence-corrected chi connectivity index (χ4v) is 3.50. The van der Waals surface area contributed by atoms with Gasteiger partial charge in [0.05, 0.1) is 10.2 Å². The second-order valence-corrected chi connectivity index (χ2v) is 8.38. The highest BCUT2D eigenvalue weighted by Crippen LogP contribution is 2.30. The molecule has 0 aliphatic heterocycles. The Kier molecular flexibility index (Phi) is 5.75. The first-order chi connectivity index (χ1) is 10.8. The van der Waals surface area contributed by atoms with Crippen LogP contribution in [0, 0.1) is 0 Å². The van der Waals surface area contributed by atoms with Crippen LogP contribution < -0.4 is 10.6 Å². The molecule has 1 heterocycles. The minimum absolute atomic E-state index is 0.0907. The second kappa shape index (κ2) is 7.40. The molecule has 126 valence electrons. The van der Waals surface area contributed by atoms with E-state index in [-0.39, 0.29) is 6.04 Å². The van der Waals surface area contributed by atoms with Gasteiger partial charge in [0.25, 0.3) is 0 Å². The topological polar surface area (TPSA) is 63.2 Å². The summed E-state index contributed by atoms with van der Waals surface area (Å²) in [7, 11) is 0. The van der Waals surface area contributed by atoms with E-state index in [0.717, 1.165) is 20.2 Å². The fourth-order valence-electron chi connectivity index (χ4n) is 1.97. The maximum absolute atomic E-state index is 11.7. The normalized spacial score (nSPS) is 12.9. The monoisotopic (exact) mass is 353 g/mol. The number of thioether (sulfide) groups is 1. The molecule has 0 saturated carbocycles. The number of thiazole rings is 1. The largest absolute Gasteiger partial charge is 0.444 e. The Morgan fingerprint density at radius 2 is 2.17 bits per heavy atom. The summed E-state index contributed by atoms with van der Waals surface area (Å²) in [6.07, 6.45) is 1.63. The average molecular weight is 354 g/mol. The summed E-state index contributed by atoms with van der Waals surface area (Å²) in [5, 5.41) is 6.15. The number of nitrogens with one attached hydrogen (secondary N) is 2. The van der Waals surface area contributed by atoms with Gasteiger partial charge in [0, 0.05) is 18.3 Å². The van der Waals surface area contributed by atoms with Gasteiger partial charge in [-0.1, -0.05) is 11.8 Å². The second-order valence-electron chi connectivity index (χ2n) is 6.29. The predicted octanol–water partition coefficient (Wildman–Crippen LogP) is 4.34. The van der Waals surface area contributed by atoms with Gasteiger partial charge >= 0.3 is 6.09 Å². The number of benzene rings is 1. The summed E-state index contributed by atoms with van der Waals surface area (Å²) in [4.78, 5) is 16.2. The van der Waals surface area contributed by atoms with E-state index in [4.69, 9.17) is 4.74 Å². The SMILES string of the molecule is CSc1nc2ccc(NC(C)CNC(=O)OC(C)(C)C)cc2s1. The maximum atomic E-state index is 11.7. The number of anilines is 1. The van der Waals surface area contributed by atoms with Crippen LogP contribution >= 0.6 is 23.1 Å². The molecular weight excluding hydrogens is 330 g/mol. The average Bonchev–Trinajstić information content (AvgIpc) is 2.85. The molecule has 2 N–H and O–H groups in total. The van der Waals surface area contributed by atoms with E-state index >= 15 is 0 Å². The standard InChI is InChI=1S/C16H23N3O2S2/c1-10(9-17-14(20)21-16(2,3)4)18-11-6-7-12-13(8-11)23-15(19-12)22-5/h6-8,10,18H,9H2,1-5H3,(H,17,20). The first-order valence-corrected chi connectivity index (χ1v) is 9.49. The van der Waals surface area contributed by atoms with Gasteiger partial charge < -0.3 is 15.4 Å². The lowest BCUT2D eigenvalue weighted by molar-refractivity contribution is 0.0526. The van der Waals surface area contributed by atoms with Crippen molar-refractivity contribution in [2.24, 2.45) is 0 Å². The van der Waals surface area contributed by atoms with Crippen LogP contribution in [0.3, 0.4) is 0 Å². The van der Waals surface area contributed by atoms with E-state index in [1.807, 2.05) is 46.1 Å². The number of carbonyl (C=O) groups excluding carboxylic acids is 1. The number of fused-ring (bicyclic) bond motifs is 1. The van der Waals surface area contributed by atoms with Crippen molar-refractivity contribution >= 4 is 45.1 Å². The number of carbonyl (C=O) groups is 1. The molecule has 1 aromatic heterocycles. The number of nitrogens with zero attached hydrogens (tertiary/aromatic N) is 1. The van der Waals surface area contributed by atoms with Crippen LogP contribution in [0.1, 0.15) is 27.7 Å². The number of alkyl carbamates (subject to hydrolysis) is 1. The molecule has 0 spiro atoms. The number of hydrogen-bond acceptors (Lipinski definition) is 6. The summed E-state index contributed by atoms with van der Waals surface area (Å²) in [5.74, 6) is 0. The lowest BCUT2D eigenvalue weighted by atomic mass is 10.2. The van der Waals surface area contributed by atoms with Gasteiger partial charge in [-0.25, -0.2) is 9.78 Å². The third-order valence-electron chi connectivity index (χ3n) is 2.91. The molecule has 0 bridgehead atoms. The molecule has 23 heavy (non-hydrogen) atoms. The van der Waals surface area contributed by atoms with Crippen LogP contribution in [0.15, 0.2) is 22.5 Å². The zero-order valence-corrected chi connectivity index (χ0v) is 15.7. The van der Waals surface area contributed by atoms with Crippen LogP contribution in [-0.2, 0) is 4.74 Å². The molecule has 0 fully saturated rings. The maximum Gasteiger partial charge on any atom is 0.407 e. The van der Waals surface area contributed by atoms with E-state index in [1.165, 1.54) is 0 Å². The van der Waals surface area contributed by atoms with Gasteiger partial charge in [0.15, 0.2) is 4.34 Å². The molecule has 2 rings (SSSR count). The zero-order chi connectivity index (χ0) is 17.0. The molecule has 1 atom stereocenters. The van der Waals surface area contributed by atoms with E-state index < -0.39 is 11.7 Å². The zero-order valence-electron chi connectivity index (χ0n) is 14.1. The smallest absolute Gasteiger partial charge is 0.407 e. The number of ether oxygens (including phenoxy) is 1. The van der Waals surface area contributed by atoms with E-state index in [0.29, 0.717) is 6.54 Å². The highest BCUT2D eigenvalue weighted by molar-refractivity contribution is 8.00. The van der Waals surface area contributed by atoms with Crippen LogP contribution in [0.2, 0.25) is 0 Å². The molecule has 2 aromatic rings. The van der Waals surface area contributed by atoms with E-state index in [9.17, 15) is 4.79 Å². The number of hydrogen-bond donors (Lipinski definition) is 2. The molecule has 0 aliphatic carbocycles. The van der Waals surface area contributed by atoms with Gasteiger partial charge in [0.1, 0.15) is 5.60 Å². The van der Waals surface area contributed by atoms with Crippen LogP contribution in [0.5, 0.6) is 0 Å². The Hall–Kier alpha value is -1.47. The summed E-state index contributed by atoms with van der Waals surface area (Å²) < 4.78 is 7.45. The third kappa shape index (κ3) is 5.58. The Morgan fingerprint density at radius 1 is 1.43 bits per heavy atom. The summed E-state index contributed by atoms with van der Waals surface area (Å²) in [6.45, 7) is 8.05. The van der Waals surface area contributed by atoms with Crippen molar-refractivity contribution in [2.45, 2.75) is 43.7 Å². The molecule has 7 heteroatoms. The molecule has 1 unspecified atom stereocenters. The van der Waals surface area contributed by atoms with E-state index in [2.05, 4.69) is 21.7 Å². The quantitative estimate of drug-likeness (QED) is 0.783. The summed E-state index contributed by atoms with van der Waals surface area (Å²) >= 11 is 3.34. The molecule has 1 aromatic carbocycles. The van der Waals surface area contributed by atoms with Gasteiger partial charge in [-0.15, -0.1) is 11.3 Å². The first kappa shape index (κ1) is 17.9. The Labute approximate surface area is 145 Å². The van der Waals surface area contributed by atoms with Crippen LogP contribution in [0.4, 0.5) is 10.5 Å². The summed E-state index contributed by atoms with van der Waals surface area (Å²) in [6, 6.07) is 6.21. The minimum Gasteiger partial charge on any atom is -0.444 e. The van der Waals surface area contributed by atoms with Crippen LogP contribution in [-0.4, -0.2) is 35.5 Å². The number of amides is 1. The minimum atomic E-state index is -0.479. The first-order valence-electron chi connectivity index (χ1n) is 7.45. The molecule has 0 saturated heterocycles. The van der Waals surface area contributed by atoms with Crippen molar-refractivity contribution in [3.05, 3.63) is 18.2 Å². The number of aromatic nitrogens is 1. The summed E-state index contributed by atoms with van der Waals surface area (Å²) in [5.41, 5.74) is 1.56. The third-order valence-corrected chi connectivity index (χ3v) is 4.91. The van der Waals surface area contributed by atoms with Gasteiger partial charge in [-0.2, -0.15) is 0 Å². The molecule has 1 amide bonds. The van der Waals surface area contributed by atoms with Crippen LogP contribution in [0.25, 0.3) is 10.2 Å². The Bertz CT molecular complexity index is 680. The fraction of sp³-hybridized carbons (Fsp3) is 0.500. The van der Waals surface area contributed by atoms with Crippen molar-refractivity contribution in [1.29, 1.82) is 0 Å². The molecule has 0 aliphatic rings. The Morgan fingerprint density at radius 3 is 2.83 bits per heavy atom. The highest BCUT2D eigenvalue weighted by atomic mass is 32.2. The van der Waals surface area contributed by atoms with Crippen molar-refractivity contribution < 1.29 is 9.53 Å². The van der Waals surface area contributed by atoms with Crippen molar-refractivity contribution in [2.75, 3.05) is 18.1 Å². The van der Waals surface area contributed by atoms with Crippen molar-refractivity contribution in [3.63, 3.8) is 0 Å². The highest BCUT2D eigenvalue weighted by Gasteiger charge is 2.16. The molecule has 0 radical (unpaired) electrons. The molecular formula is C16H23N3O2S2.